The number of aryl methyl sites for hydroxylation is 2. The minimum atomic E-state index is -0.853. The van der Waals surface area contributed by atoms with Gasteiger partial charge in [-0.3, -0.25) is 9.59 Å². The fourth-order valence-electron chi connectivity index (χ4n) is 3.10. The lowest BCUT2D eigenvalue weighted by Gasteiger charge is -2.34. The summed E-state index contributed by atoms with van der Waals surface area (Å²) in [7, 11) is 0. The summed E-state index contributed by atoms with van der Waals surface area (Å²) in [5.74, 6) is -0.884. The maximum absolute atomic E-state index is 12.9. The maximum atomic E-state index is 12.9. The molecule has 0 spiro atoms. The molecule has 22 heavy (non-hydrogen) atoms. The van der Waals surface area contributed by atoms with Crippen molar-refractivity contribution in [1.82, 2.24) is 4.90 Å². The molecule has 1 aliphatic rings. The van der Waals surface area contributed by atoms with Gasteiger partial charge in [0.05, 0.1) is 6.42 Å². The van der Waals surface area contributed by atoms with E-state index in [-0.39, 0.29) is 18.4 Å². The highest BCUT2D eigenvalue weighted by Gasteiger charge is 2.26. The second kappa shape index (κ2) is 7.43. The van der Waals surface area contributed by atoms with E-state index in [0.717, 1.165) is 36.8 Å². The summed E-state index contributed by atoms with van der Waals surface area (Å²) < 4.78 is 0. The molecule has 0 radical (unpaired) electrons. The number of aliphatic carboxylic acids is 1. The number of carbonyl (C=O) groups is 2. The van der Waals surface area contributed by atoms with Crippen molar-refractivity contribution in [1.29, 1.82) is 0 Å². The highest BCUT2D eigenvalue weighted by Crippen LogP contribution is 2.24. The molecule has 1 aromatic carbocycles. The third-order valence-electron chi connectivity index (χ3n) is 4.60. The van der Waals surface area contributed by atoms with Crippen LogP contribution in [0.2, 0.25) is 0 Å². The number of benzene rings is 1. The van der Waals surface area contributed by atoms with Crippen LogP contribution in [0.5, 0.6) is 0 Å². The highest BCUT2D eigenvalue weighted by molar-refractivity contribution is 5.95. The number of carbonyl (C=O) groups excluding carboxylic acids is 1. The molecule has 1 aliphatic carbocycles. The zero-order chi connectivity index (χ0) is 16.1. The Labute approximate surface area is 132 Å². The zero-order valence-corrected chi connectivity index (χ0v) is 13.5. The van der Waals surface area contributed by atoms with Gasteiger partial charge in [0, 0.05) is 18.2 Å². The fraction of sp³-hybridized carbons (Fsp3) is 0.556. The molecule has 0 saturated heterocycles. The van der Waals surface area contributed by atoms with Crippen LogP contribution < -0.4 is 0 Å². The average Bonchev–Trinajstić information content (AvgIpc) is 2.51. The van der Waals surface area contributed by atoms with Crippen molar-refractivity contribution in [3.63, 3.8) is 0 Å². The minimum absolute atomic E-state index is 0.00703. The maximum Gasteiger partial charge on any atom is 0.305 e. The lowest BCUT2D eigenvalue weighted by molar-refractivity contribution is -0.137. The lowest BCUT2D eigenvalue weighted by atomic mass is 9.93. The first kappa shape index (κ1) is 16.5. The number of amides is 1. The van der Waals surface area contributed by atoms with E-state index in [2.05, 4.69) is 0 Å². The summed E-state index contributed by atoms with van der Waals surface area (Å²) in [6.45, 7) is 4.31. The van der Waals surface area contributed by atoms with Crippen molar-refractivity contribution in [2.45, 2.75) is 58.4 Å². The van der Waals surface area contributed by atoms with Crippen LogP contribution in [0.3, 0.4) is 0 Å². The predicted molar refractivity (Wildman–Crippen MR) is 86.1 cm³/mol. The number of carboxylic acids is 1. The average molecular weight is 303 g/mol. The summed E-state index contributed by atoms with van der Waals surface area (Å²) in [4.78, 5) is 25.5. The molecule has 1 N–H and O–H groups in total. The van der Waals surface area contributed by atoms with Crippen molar-refractivity contribution in [2.75, 3.05) is 6.54 Å². The van der Waals surface area contributed by atoms with Crippen LogP contribution in [0.4, 0.5) is 0 Å². The van der Waals surface area contributed by atoms with Crippen LogP contribution in [0.15, 0.2) is 18.2 Å². The SMILES string of the molecule is Cc1ccc(C(=O)N(CCC(=O)O)C2CCCCC2)cc1C. The van der Waals surface area contributed by atoms with E-state index >= 15 is 0 Å². The van der Waals surface area contributed by atoms with E-state index in [9.17, 15) is 9.59 Å². The van der Waals surface area contributed by atoms with Crippen molar-refractivity contribution < 1.29 is 14.7 Å². The van der Waals surface area contributed by atoms with Crippen LogP contribution in [0.1, 0.15) is 60.0 Å². The number of hydrogen-bond acceptors (Lipinski definition) is 2. The van der Waals surface area contributed by atoms with E-state index in [0.29, 0.717) is 12.1 Å². The van der Waals surface area contributed by atoms with Crippen molar-refractivity contribution in [2.24, 2.45) is 0 Å². The second-order valence-corrected chi connectivity index (χ2v) is 6.23. The third-order valence-corrected chi connectivity index (χ3v) is 4.60. The van der Waals surface area contributed by atoms with Gasteiger partial charge < -0.3 is 10.0 Å². The van der Waals surface area contributed by atoms with Crippen LogP contribution in [-0.2, 0) is 4.79 Å². The smallest absolute Gasteiger partial charge is 0.305 e. The van der Waals surface area contributed by atoms with Crippen molar-refractivity contribution >= 4 is 11.9 Å². The van der Waals surface area contributed by atoms with Crippen LogP contribution in [0, 0.1) is 13.8 Å². The van der Waals surface area contributed by atoms with E-state index in [1.807, 2.05) is 32.0 Å². The largest absolute Gasteiger partial charge is 0.481 e. The Morgan fingerprint density at radius 2 is 1.82 bits per heavy atom. The molecule has 4 nitrogen and oxygen atoms in total. The van der Waals surface area contributed by atoms with Crippen LogP contribution in [-0.4, -0.2) is 34.5 Å². The van der Waals surface area contributed by atoms with Gasteiger partial charge in [0.2, 0.25) is 0 Å². The topological polar surface area (TPSA) is 57.6 Å². The predicted octanol–water partition coefficient (Wildman–Crippen LogP) is 3.55. The molecule has 1 saturated carbocycles. The number of hydrogen-bond donors (Lipinski definition) is 1. The molecule has 1 aromatic rings. The van der Waals surface area contributed by atoms with Crippen molar-refractivity contribution in [3.8, 4) is 0 Å². The summed E-state index contributed by atoms with van der Waals surface area (Å²) in [6.07, 6.45) is 5.42. The molecule has 0 bridgehead atoms. The summed E-state index contributed by atoms with van der Waals surface area (Å²) in [5.41, 5.74) is 2.91. The first-order valence-electron chi connectivity index (χ1n) is 8.09. The molecule has 1 fully saturated rings. The molecule has 0 heterocycles. The minimum Gasteiger partial charge on any atom is -0.481 e. The van der Waals surface area contributed by atoms with Gasteiger partial charge in [-0.05, 0) is 49.9 Å². The fourth-order valence-corrected chi connectivity index (χ4v) is 3.10. The Bertz CT molecular complexity index is 547. The van der Waals surface area contributed by atoms with Gasteiger partial charge in [-0.1, -0.05) is 25.3 Å². The van der Waals surface area contributed by atoms with Gasteiger partial charge in [0.25, 0.3) is 5.91 Å². The van der Waals surface area contributed by atoms with E-state index < -0.39 is 5.97 Å². The molecule has 0 atom stereocenters. The van der Waals surface area contributed by atoms with Gasteiger partial charge in [-0.25, -0.2) is 0 Å². The Morgan fingerprint density at radius 3 is 2.41 bits per heavy atom. The van der Waals surface area contributed by atoms with E-state index in [1.165, 1.54) is 6.42 Å². The van der Waals surface area contributed by atoms with Crippen molar-refractivity contribution in [3.05, 3.63) is 34.9 Å². The quantitative estimate of drug-likeness (QED) is 0.905. The van der Waals surface area contributed by atoms with Gasteiger partial charge >= 0.3 is 5.97 Å². The zero-order valence-electron chi connectivity index (χ0n) is 13.5. The summed E-state index contributed by atoms with van der Waals surface area (Å²) in [5, 5.41) is 8.96. The van der Waals surface area contributed by atoms with E-state index in [1.54, 1.807) is 4.90 Å². The Balaban J connectivity index is 2.19. The second-order valence-electron chi connectivity index (χ2n) is 6.23. The molecule has 120 valence electrons. The number of carboxylic acid groups (broad SMARTS) is 1. The molecule has 1 amide bonds. The standard InChI is InChI=1S/C18H25NO3/c1-13-8-9-15(12-14(13)2)18(22)19(11-10-17(20)21)16-6-4-3-5-7-16/h8-9,12,16H,3-7,10-11H2,1-2H3,(H,20,21). The Hall–Kier alpha value is -1.84. The molecule has 4 heteroatoms. The number of rotatable bonds is 5. The molecule has 0 aromatic heterocycles. The third kappa shape index (κ3) is 4.09. The van der Waals surface area contributed by atoms with Gasteiger partial charge in [-0.15, -0.1) is 0 Å². The normalized spacial score (nSPS) is 15.5. The Kier molecular flexibility index (Phi) is 5.58. The summed E-state index contributed by atoms with van der Waals surface area (Å²) >= 11 is 0. The van der Waals surface area contributed by atoms with Gasteiger partial charge in [0.15, 0.2) is 0 Å². The first-order chi connectivity index (χ1) is 10.5. The Morgan fingerprint density at radius 1 is 1.14 bits per heavy atom. The van der Waals surface area contributed by atoms with Gasteiger partial charge in [-0.2, -0.15) is 0 Å². The van der Waals surface area contributed by atoms with Crippen LogP contribution in [0.25, 0.3) is 0 Å². The monoisotopic (exact) mass is 303 g/mol. The first-order valence-corrected chi connectivity index (χ1v) is 8.09. The van der Waals surface area contributed by atoms with Gasteiger partial charge in [0.1, 0.15) is 0 Å². The molecule has 0 unspecified atom stereocenters. The van der Waals surface area contributed by atoms with Crippen LogP contribution >= 0.6 is 0 Å². The molecule has 2 rings (SSSR count). The molecule has 0 aliphatic heterocycles. The molecular formula is C18H25NO3. The van der Waals surface area contributed by atoms with E-state index in [4.69, 9.17) is 5.11 Å². The highest BCUT2D eigenvalue weighted by atomic mass is 16.4. The lowest BCUT2D eigenvalue weighted by Crippen LogP contribution is -2.42. The summed E-state index contributed by atoms with van der Waals surface area (Å²) in [6, 6.07) is 5.90. The number of nitrogens with zero attached hydrogens (tertiary/aromatic N) is 1. The molecular weight excluding hydrogens is 278 g/mol.